The summed E-state index contributed by atoms with van der Waals surface area (Å²) in [6.07, 6.45) is 0. The van der Waals surface area contributed by atoms with Gasteiger partial charge in [-0.3, -0.25) is 9.59 Å². The average Bonchev–Trinajstić information content (AvgIpc) is 0.722. The Labute approximate surface area is 446 Å². The van der Waals surface area contributed by atoms with Crippen LogP contribution in [0.1, 0.15) is 0 Å². The zero-order valence-corrected chi connectivity index (χ0v) is 57.7. The van der Waals surface area contributed by atoms with E-state index in [1.807, 2.05) is 0 Å². The molecule has 0 aliphatic rings. The Hall–Kier alpha value is 6.23. The summed E-state index contributed by atoms with van der Waals surface area (Å²) in [5.74, 6) is 0. The standard InChI is InChI=1S/H4O4Si.35H2O.11W/c1-5(2,3)4;;;;;;;;;;;;;;;;;;;;;;;;;;;;;;;;;;;;;;;;;;;;;;/h1-4H;35*1H2;;;;;;;;;;;/p+2. The molecule has 39 nitrogen and oxygen atoms in total. The van der Waals surface area contributed by atoms with Crippen molar-refractivity contribution in [3.63, 3.8) is 0 Å². The molecule has 0 aliphatic heterocycles. The summed E-state index contributed by atoms with van der Waals surface area (Å²) >= 11 is 0. The molecule has 0 heterocycles. The van der Waals surface area contributed by atoms with Crippen LogP contribution in [-0.4, -0.2) is 220 Å². The van der Waals surface area contributed by atoms with Crippen molar-refractivity contribution in [2.75, 3.05) is 0 Å². The van der Waals surface area contributed by atoms with E-state index in [2.05, 4.69) is 0 Å². The molecule has 0 aromatic heterocycles. The molecule has 0 atom stereocenters. The predicted molar refractivity (Wildman–Crippen MR) is 144 cm³/mol. The second-order valence-electron chi connectivity index (χ2n) is 0.672. The van der Waals surface area contributed by atoms with Crippen molar-refractivity contribution in [1.82, 2.24) is 0 Å². The zero-order chi connectivity index (χ0) is 4.50. The number of rotatable bonds is 0. The van der Waals surface area contributed by atoms with Crippen molar-refractivity contribution in [2.24, 2.45) is 0 Å². The van der Waals surface area contributed by atoms with E-state index in [0.717, 1.165) is 0 Å². The van der Waals surface area contributed by atoms with E-state index < -0.39 is 9.05 Å². The second kappa shape index (κ2) is 1150. The SMILES string of the molecule is O.O.O.O.O.O.O.O.O.O.O.O.O.O.O.O.O.O.O.O.O.O.O.O.O.O.O.O.O.O.O.O.O.O.O.O[Si](O)([OH2+])[OH2+].[W].[W].[W].[W].[W].[W].[W].[W].[W].[W].[W]. The Kier molecular flexibility index (Phi) is 38900. The smallest absolute Gasteiger partial charge is 0.430 e. The van der Waals surface area contributed by atoms with Gasteiger partial charge in [-0.2, -0.15) is 0 Å². The van der Waals surface area contributed by atoms with Crippen LogP contribution in [0.25, 0.3) is 0 Å². The molecule has 0 aliphatic carbocycles. The maximum atomic E-state index is 7.55. The van der Waals surface area contributed by atoms with Crippen LogP contribution in [0, 0.1) is 0 Å². The van der Waals surface area contributed by atoms with Crippen molar-refractivity contribution in [1.29, 1.82) is 0 Å². The molecule has 51 heteroatoms. The molecular weight excluding hydrogens is 2670 g/mol. The predicted octanol–water partition coefficient (Wildman–Crippen LogP) is -32.0. The van der Waals surface area contributed by atoms with E-state index in [0.29, 0.717) is 0 Å². The van der Waals surface area contributed by atoms with Gasteiger partial charge in [0.25, 0.3) is 0 Å². The van der Waals surface area contributed by atoms with Gasteiger partial charge in [-0.15, -0.1) is 0 Å². The van der Waals surface area contributed by atoms with Crippen LogP contribution in [0.4, 0.5) is 0 Å². The number of hydrogen-bond acceptors (Lipinski definition) is 2. The molecule has 0 unspecified atom stereocenters. The topological polar surface area (TPSA) is 1190 Å². The van der Waals surface area contributed by atoms with Gasteiger partial charge < -0.3 is 201 Å². The second-order valence-corrected chi connectivity index (χ2v) is 2.02. The van der Waals surface area contributed by atoms with Crippen LogP contribution in [0.3, 0.4) is 0 Å². The third-order valence-corrected chi connectivity index (χ3v) is 0. The summed E-state index contributed by atoms with van der Waals surface area (Å²) in [5, 5.41) is 0. The minimum atomic E-state index is -4.11. The third-order valence-electron chi connectivity index (χ3n) is 0. The summed E-state index contributed by atoms with van der Waals surface area (Å²) in [7, 11) is -4.11. The van der Waals surface area contributed by atoms with Crippen LogP contribution >= 0.6 is 0 Å². The third kappa shape index (κ3) is 4260. The fraction of sp³-hybridized carbons (Fsp3) is 0. The Morgan fingerprint density at radius 1 is 0.157 bits per heavy atom. The largest absolute Gasteiger partial charge is 1.12 e. The molecule has 378 valence electrons. The van der Waals surface area contributed by atoms with Crippen LogP contribution < -0.4 is 0 Å². The zero-order valence-electron chi connectivity index (χ0n) is 24.4. The van der Waals surface area contributed by atoms with Gasteiger partial charge in [0.1, 0.15) is 0 Å². The van der Waals surface area contributed by atoms with Gasteiger partial charge in [-0.25, -0.2) is 0 Å². The molecule has 0 radical (unpaired) electrons. The fourth-order valence-corrected chi connectivity index (χ4v) is 0. The summed E-state index contributed by atoms with van der Waals surface area (Å²) in [4.78, 5) is 26.8. The summed E-state index contributed by atoms with van der Waals surface area (Å²) in [5.41, 5.74) is 0. The first kappa shape index (κ1) is 1730. The maximum absolute atomic E-state index is 7.55. The molecule has 76 N–H and O–H groups in total. The first-order valence-corrected chi connectivity index (χ1v) is 2.84. The van der Waals surface area contributed by atoms with E-state index in [1.165, 1.54) is 0 Å². The molecule has 51 heavy (non-hydrogen) atoms. The molecule has 0 aromatic rings. The van der Waals surface area contributed by atoms with Gasteiger partial charge in [-0.05, 0) is 0 Å². The van der Waals surface area contributed by atoms with Crippen molar-refractivity contribution in [3.05, 3.63) is 0 Å². The van der Waals surface area contributed by atoms with Gasteiger partial charge >= 0.3 is 9.05 Å². The summed E-state index contributed by atoms with van der Waals surface area (Å²) in [6.45, 7) is 0. The minimum Gasteiger partial charge on any atom is -0.430 e. The maximum Gasteiger partial charge on any atom is 1.12 e. The first-order valence-electron chi connectivity index (χ1n) is 0.947. The normalized spacial score (nSPS) is 1.18. The molecule has 0 saturated heterocycles. The quantitative estimate of drug-likeness (QED) is 0.176. The first-order chi connectivity index (χ1) is 2.00. The van der Waals surface area contributed by atoms with Crippen LogP contribution in [0.5, 0.6) is 0 Å². The van der Waals surface area contributed by atoms with Crippen LogP contribution in [0.2, 0.25) is 0 Å². The van der Waals surface area contributed by atoms with E-state index in [-0.39, 0.29) is 423 Å². The molecule has 0 spiro atoms. The van der Waals surface area contributed by atoms with Crippen molar-refractivity contribution >= 4 is 9.05 Å². The summed E-state index contributed by atoms with van der Waals surface area (Å²) in [6, 6.07) is 0. The van der Waals surface area contributed by atoms with Gasteiger partial charge in [0.2, 0.25) is 0 Å². The van der Waals surface area contributed by atoms with Crippen LogP contribution in [0.15, 0.2) is 0 Å². The minimum absolute atomic E-state index is 0. The Morgan fingerprint density at radius 2 is 0.157 bits per heavy atom. The number of hydrogen-bond donors (Lipinski definition) is 2. The average molecular weight is 2750 g/mol. The van der Waals surface area contributed by atoms with Crippen molar-refractivity contribution in [3.8, 4) is 0 Å². The van der Waals surface area contributed by atoms with Crippen molar-refractivity contribution in [2.45, 2.75) is 0 Å². The Balaban J connectivity index is -0.0000000000773. The van der Waals surface area contributed by atoms with E-state index in [1.54, 1.807) is 0 Å². The molecule has 0 amide bonds. The Morgan fingerprint density at radius 3 is 0.157 bits per heavy atom. The molecule has 0 bridgehead atoms. The fourth-order valence-electron chi connectivity index (χ4n) is 0. The van der Waals surface area contributed by atoms with E-state index in [9.17, 15) is 0 Å². The molecule has 0 rings (SSSR count). The van der Waals surface area contributed by atoms with Gasteiger partial charge in [0.05, 0.1) is 0 Å². The molecule has 0 saturated carbocycles. The van der Waals surface area contributed by atoms with Crippen molar-refractivity contribution < 1.29 is 443 Å². The summed E-state index contributed by atoms with van der Waals surface area (Å²) < 4.78 is 0. The van der Waals surface area contributed by atoms with Gasteiger partial charge in [-0.1, -0.05) is 0 Å². The van der Waals surface area contributed by atoms with Crippen LogP contribution in [-0.2, 0) is 232 Å². The monoisotopic (exact) mass is 2750 g/mol. The van der Waals surface area contributed by atoms with E-state index >= 15 is 0 Å². The van der Waals surface area contributed by atoms with E-state index in [4.69, 9.17) is 19.2 Å². The Bertz CT molecular complexity index is 60.6. The molecular formula is H76O39SiW11+2. The molecule has 0 aromatic carbocycles. The molecule has 0 fully saturated rings. The van der Waals surface area contributed by atoms with Gasteiger partial charge in [0, 0.05) is 232 Å². The van der Waals surface area contributed by atoms with Gasteiger partial charge in [0.15, 0.2) is 0 Å².